The van der Waals surface area contributed by atoms with Crippen LogP contribution in [0.1, 0.15) is 41.8 Å². The Balaban J connectivity index is 1.11. The lowest BCUT2D eigenvalue weighted by Crippen LogP contribution is -2.15. The Morgan fingerprint density at radius 3 is 1.81 bits per heavy atom. The fraction of sp³-hybridized carbons (Fsp3) is 0.0980. The van der Waals surface area contributed by atoms with Gasteiger partial charge in [-0.1, -0.05) is 153 Å². The molecule has 0 fully saturated rings. The van der Waals surface area contributed by atoms with Crippen molar-refractivity contribution in [3.8, 4) is 44.5 Å². The smallest absolute Gasteiger partial charge is 0.0358 e. The third-order valence-corrected chi connectivity index (χ3v) is 13.1. The van der Waals surface area contributed by atoms with Crippen LogP contribution in [0.3, 0.4) is 0 Å². The summed E-state index contributed by atoms with van der Waals surface area (Å²) in [5.74, 6) is 0. The van der Waals surface area contributed by atoms with E-state index in [0.29, 0.717) is 0 Å². The Hall–Kier alpha value is -5.76. The Labute approximate surface area is 308 Å². The van der Waals surface area contributed by atoms with Crippen LogP contribution in [0.25, 0.3) is 93.0 Å². The SMILES string of the molecule is CC1(C)c2cc(-c3c4ccccc4c(-c4ccc(-c5ccccc5)cc4)c4ccccc34)ccc2-c2c1ccc1cc3c4c(sc3cc21)CCC=C4. The van der Waals surface area contributed by atoms with Crippen molar-refractivity contribution < 1.29 is 0 Å². The van der Waals surface area contributed by atoms with Gasteiger partial charge < -0.3 is 0 Å². The van der Waals surface area contributed by atoms with Crippen LogP contribution in [0, 0.1) is 0 Å². The summed E-state index contributed by atoms with van der Waals surface area (Å²) in [7, 11) is 0. The molecule has 0 amide bonds. The molecular weight excluding hydrogens is 645 g/mol. The summed E-state index contributed by atoms with van der Waals surface area (Å²) in [5, 5.41) is 9.28. The fourth-order valence-electron chi connectivity index (χ4n) is 9.37. The van der Waals surface area contributed by atoms with E-state index in [2.05, 4.69) is 172 Å². The third-order valence-electron chi connectivity index (χ3n) is 11.9. The van der Waals surface area contributed by atoms with Gasteiger partial charge >= 0.3 is 0 Å². The molecule has 0 atom stereocenters. The van der Waals surface area contributed by atoms with E-state index < -0.39 is 0 Å². The van der Waals surface area contributed by atoms with E-state index in [0.717, 1.165) is 12.8 Å². The first-order valence-electron chi connectivity index (χ1n) is 18.5. The summed E-state index contributed by atoms with van der Waals surface area (Å²) in [4.78, 5) is 1.53. The summed E-state index contributed by atoms with van der Waals surface area (Å²) >= 11 is 1.99. The zero-order chi connectivity index (χ0) is 34.6. The summed E-state index contributed by atoms with van der Waals surface area (Å²) in [6.07, 6.45) is 6.98. The molecule has 1 heterocycles. The zero-order valence-electron chi connectivity index (χ0n) is 29.3. The molecule has 0 bridgehead atoms. The normalized spacial score (nSPS) is 14.3. The molecule has 246 valence electrons. The van der Waals surface area contributed by atoms with Gasteiger partial charge in [0, 0.05) is 20.4 Å². The maximum Gasteiger partial charge on any atom is 0.0358 e. The van der Waals surface area contributed by atoms with Crippen molar-refractivity contribution in [2.24, 2.45) is 0 Å². The molecule has 1 heteroatoms. The summed E-state index contributed by atoms with van der Waals surface area (Å²) in [6, 6.07) is 54.8. The van der Waals surface area contributed by atoms with Gasteiger partial charge in [0.1, 0.15) is 0 Å². The van der Waals surface area contributed by atoms with E-state index in [1.807, 2.05) is 11.3 Å². The molecule has 9 aromatic rings. The van der Waals surface area contributed by atoms with Crippen LogP contribution in [0.15, 0.2) is 152 Å². The first-order chi connectivity index (χ1) is 25.5. The topological polar surface area (TPSA) is 0 Å². The number of thiophene rings is 1. The highest BCUT2D eigenvalue weighted by Gasteiger charge is 2.37. The van der Waals surface area contributed by atoms with Crippen molar-refractivity contribution in [2.45, 2.75) is 32.1 Å². The average Bonchev–Trinajstić information content (AvgIpc) is 3.67. The maximum atomic E-state index is 2.51. The van der Waals surface area contributed by atoms with Gasteiger partial charge in [-0.2, -0.15) is 0 Å². The quantitative estimate of drug-likeness (QED) is 0.163. The number of benzene rings is 8. The molecule has 0 nitrogen and oxygen atoms in total. The van der Waals surface area contributed by atoms with Crippen LogP contribution in [0.2, 0.25) is 0 Å². The third kappa shape index (κ3) is 4.27. The van der Waals surface area contributed by atoms with E-state index in [1.165, 1.54) is 108 Å². The number of hydrogen-bond donors (Lipinski definition) is 0. The van der Waals surface area contributed by atoms with Gasteiger partial charge in [0.2, 0.25) is 0 Å². The highest BCUT2D eigenvalue weighted by Crippen LogP contribution is 2.54. The van der Waals surface area contributed by atoms with Crippen LogP contribution in [0.5, 0.6) is 0 Å². The molecule has 0 aliphatic heterocycles. The minimum atomic E-state index is -0.118. The lowest BCUT2D eigenvalue weighted by atomic mass is 9.80. The van der Waals surface area contributed by atoms with Crippen molar-refractivity contribution in [3.05, 3.63) is 173 Å². The van der Waals surface area contributed by atoms with Gasteiger partial charge in [-0.25, -0.2) is 0 Å². The predicted octanol–water partition coefficient (Wildman–Crippen LogP) is 14.6. The Morgan fingerprint density at radius 1 is 0.481 bits per heavy atom. The first-order valence-corrected chi connectivity index (χ1v) is 19.3. The van der Waals surface area contributed by atoms with E-state index in [-0.39, 0.29) is 5.41 Å². The Kier molecular flexibility index (Phi) is 6.40. The summed E-state index contributed by atoms with van der Waals surface area (Å²) in [5.41, 5.74) is 14.6. The zero-order valence-corrected chi connectivity index (χ0v) is 30.2. The fourth-order valence-corrected chi connectivity index (χ4v) is 10.6. The monoisotopic (exact) mass is 680 g/mol. The molecule has 52 heavy (non-hydrogen) atoms. The standard InChI is InChI=1S/C51H36S/c1-51(2)44-27-25-34-28-43-36-14-10-11-19-46(36)52-47(43)30-42(34)50(44)41-26-24-35(29-45(41)51)49-39-17-8-6-15-37(39)48(38-16-7-9-18-40(38)49)33-22-20-32(21-23-33)31-12-4-3-5-13-31/h3-10,12-18,20-30H,11,19H2,1-2H3. The molecule has 0 radical (unpaired) electrons. The minimum absolute atomic E-state index is 0.118. The van der Waals surface area contributed by atoms with Crippen LogP contribution < -0.4 is 0 Å². The average molecular weight is 681 g/mol. The van der Waals surface area contributed by atoms with Gasteiger partial charge in [0.15, 0.2) is 0 Å². The number of hydrogen-bond acceptors (Lipinski definition) is 1. The molecule has 2 aliphatic rings. The first kappa shape index (κ1) is 29.9. The van der Waals surface area contributed by atoms with Crippen LogP contribution in [0.4, 0.5) is 0 Å². The molecule has 0 N–H and O–H groups in total. The molecule has 0 spiro atoms. The molecule has 11 rings (SSSR count). The number of aryl methyl sites for hydroxylation is 1. The molecular formula is C51H36S. The Bertz CT molecular complexity index is 2900. The minimum Gasteiger partial charge on any atom is -0.140 e. The molecule has 0 saturated heterocycles. The van der Waals surface area contributed by atoms with Crippen LogP contribution >= 0.6 is 11.3 Å². The van der Waals surface area contributed by atoms with Crippen molar-refractivity contribution in [2.75, 3.05) is 0 Å². The van der Waals surface area contributed by atoms with Gasteiger partial charge in [0.25, 0.3) is 0 Å². The Morgan fingerprint density at radius 2 is 1.10 bits per heavy atom. The van der Waals surface area contributed by atoms with E-state index in [4.69, 9.17) is 0 Å². The summed E-state index contributed by atoms with van der Waals surface area (Å²) < 4.78 is 1.41. The number of allylic oxidation sites excluding steroid dienone is 1. The van der Waals surface area contributed by atoms with Gasteiger partial charge in [-0.15, -0.1) is 11.3 Å². The van der Waals surface area contributed by atoms with Gasteiger partial charge in [-0.05, 0) is 125 Å². The van der Waals surface area contributed by atoms with Crippen LogP contribution in [-0.2, 0) is 11.8 Å². The second-order valence-electron chi connectivity index (χ2n) is 15.1. The largest absolute Gasteiger partial charge is 0.140 e. The summed E-state index contributed by atoms with van der Waals surface area (Å²) in [6.45, 7) is 4.83. The van der Waals surface area contributed by atoms with Crippen molar-refractivity contribution >= 4 is 59.8 Å². The molecule has 1 aromatic heterocycles. The molecule has 0 saturated carbocycles. The number of fused-ring (bicyclic) bond motifs is 10. The lowest BCUT2D eigenvalue weighted by molar-refractivity contribution is 0.661. The molecule has 8 aromatic carbocycles. The second-order valence-corrected chi connectivity index (χ2v) is 16.2. The lowest BCUT2D eigenvalue weighted by Gasteiger charge is -2.23. The van der Waals surface area contributed by atoms with Gasteiger partial charge in [0.05, 0.1) is 0 Å². The maximum absolute atomic E-state index is 2.51. The van der Waals surface area contributed by atoms with E-state index in [1.54, 1.807) is 0 Å². The van der Waals surface area contributed by atoms with Crippen molar-refractivity contribution in [3.63, 3.8) is 0 Å². The second kappa shape index (κ2) is 11.1. The molecule has 2 aliphatic carbocycles. The number of rotatable bonds is 3. The van der Waals surface area contributed by atoms with E-state index >= 15 is 0 Å². The van der Waals surface area contributed by atoms with E-state index in [9.17, 15) is 0 Å². The van der Waals surface area contributed by atoms with Gasteiger partial charge in [-0.3, -0.25) is 0 Å². The van der Waals surface area contributed by atoms with Crippen LogP contribution in [-0.4, -0.2) is 0 Å². The highest BCUT2D eigenvalue weighted by atomic mass is 32.1. The highest BCUT2D eigenvalue weighted by molar-refractivity contribution is 7.19. The predicted molar refractivity (Wildman–Crippen MR) is 226 cm³/mol. The molecule has 0 unspecified atom stereocenters. The van der Waals surface area contributed by atoms with Crippen molar-refractivity contribution in [1.82, 2.24) is 0 Å². The van der Waals surface area contributed by atoms with Crippen molar-refractivity contribution in [1.29, 1.82) is 0 Å².